The van der Waals surface area contributed by atoms with Crippen LogP contribution in [0.15, 0.2) is 67.0 Å². The summed E-state index contributed by atoms with van der Waals surface area (Å²) in [6, 6.07) is 18.0. The number of hydrogen-bond acceptors (Lipinski definition) is 5. The highest BCUT2D eigenvalue weighted by molar-refractivity contribution is 6.03. The van der Waals surface area contributed by atoms with Gasteiger partial charge in [-0.15, -0.1) is 0 Å². The van der Waals surface area contributed by atoms with Crippen LogP contribution < -0.4 is 14.8 Å². The topological polar surface area (TPSA) is 78.3 Å². The SMILES string of the molecule is COc1cc(-c2c(-c3ccncc3)nn3c2C(=O)NCC3)ccc1OCc1ccc(C(C)C)cc1. The number of fused-ring (bicyclic) bond motifs is 1. The number of hydrogen-bond donors (Lipinski definition) is 1. The van der Waals surface area contributed by atoms with Crippen LogP contribution in [0.3, 0.4) is 0 Å². The number of ether oxygens (including phenoxy) is 2. The average molecular weight is 469 g/mol. The van der Waals surface area contributed by atoms with E-state index in [9.17, 15) is 4.79 Å². The van der Waals surface area contributed by atoms with Crippen molar-refractivity contribution in [2.75, 3.05) is 13.7 Å². The lowest BCUT2D eigenvalue weighted by Crippen LogP contribution is -2.35. The van der Waals surface area contributed by atoms with Gasteiger partial charge in [-0.2, -0.15) is 5.10 Å². The zero-order chi connectivity index (χ0) is 24.4. The van der Waals surface area contributed by atoms with Crippen LogP contribution in [0.5, 0.6) is 11.5 Å². The number of benzene rings is 2. The third-order valence-corrected chi connectivity index (χ3v) is 6.22. The molecule has 7 heteroatoms. The number of pyridine rings is 1. The van der Waals surface area contributed by atoms with Gasteiger partial charge in [0, 0.05) is 30.1 Å². The van der Waals surface area contributed by atoms with E-state index in [-0.39, 0.29) is 5.91 Å². The molecule has 0 fully saturated rings. The van der Waals surface area contributed by atoms with Crippen LogP contribution in [0.4, 0.5) is 0 Å². The van der Waals surface area contributed by atoms with Crippen molar-refractivity contribution in [1.82, 2.24) is 20.1 Å². The maximum atomic E-state index is 12.8. The van der Waals surface area contributed by atoms with Crippen molar-refractivity contribution in [1.29, 1.82) is 0 Å². The molecule has 1 aliphatic rings. The Morgan fingerprint density at radius 2 is 1.77 bits per heavy atom. The van der Waals surface area contributed by atoms with Gasteiger partial charge in [-0.25, -0.2) is 0 Å². The Hall–Kier alpha value is -4.13. The van der Waals surface area contributed by atoms with Gasteiger partial charge in [-0.3, -0.25) is 14.5 Å². The Balaban J connectivity index is 1.49. The van der Waals surface area contributed by atoms with Gasteiger partial charge in [0.15, 0.2) is 11.5 Å². The van der Waals surface area contributed by atoms with Crippen molar-refractivity contribution in [3.05, 3.63) is 83.8 Å². The Morgan fingerprint density at radius 1 is 1.00 bits per heavy atom. The molecule has 1 N–H and O–H groups in total. The lowest BCUT2D eigenvalue weighted by Gasteiger charge is -2.16. The fourth-order valence-corrected chi connectivity index (χ4v) is 4.30. The summed E-state index contributed by atoms with van der Waals surface area (Å²) in [6.07, 6.45) is 3.45. The third kappa shape index (κ3) is 4.49. The van der Waals surface area contributed by atoms with Crippen molar-refractivity contribution in [3.8, 4) is 33.9 Å². The van der Waals surface area contributed by atoms with Gasteiger partial charge in [-0.05, 0) is 46.9 Å². The maximum Gasteiger partial charge on any atom is 0.270 e. The molecule has 0 unspecified atom stereocenters. The minimum atomic E-state index is -0.136. The van der Waals surface area contributed by atoms with Crippen molar-refractivity contribution in [2.45, 2.75) is 32.9 Å². The van der Waals surface area contributed by atoms with Crippen LogP contribution in [-0.2, 0) is 13.2 Å². The molecule has 0 radical (unpaired) electrons. The number of rotatable bonds is 7. The monoisotopic (exact) mass is 468 g/mol. The van der Waals surface area contributed by atoms with E-state index in [0.29, 0.717) is 42.8 Å². The van der Waals surface area contributed by atoms with E-state index in [1.54, 1.807) is 24.2 Å². The van der Waals surface area contributed by atoms with Crippen LogP contribution in [0.1, 0.15) is 41.4 Å². The average Bonchev–Trinajstić information content (AvgIpc) is 3.29. The molecule has 2 aromatic carbocycles. The summed E-state index contributed by atoms with van der Waals surface area (Å²) in [4.78, 5) is 16.9. The molecule has 0 saturated carbocycles. The van der Waals surface area contributed by atoms with Gasteiger partial charge in [0.2, 0.25) is 0 Å². The smallest absolute Gasteiger partial charge is 0.270 e. The number of aromatic nitrogens is 3. The number of carbonyl (C=O) groups excluding carboxylic acids is 1. The normalized spacial score (nSPS) is 12.9. The molecular weight excluding hydrogens is 440 g/mol. The molecule has 7 nitrogen and oxygen atoms in total. The number of nitrogens with zero attached hydrogens (tertiary/aromatic N) is 3. The zero-order valence-corrected chi connectivity index (χ0v) is 20.1. The van der Waals surface area contributed by atoms with Crippen molar-refractivity contribution >= 4 is 5.91 Å². The molecule has 0 aliphatic carbocycles. The Bertz CT molecular complexity index is 1340. The second-order valence-electron chi connectivity index (χ2n) is 8.84. The molecular formula is C28H28N4O3. The van der Waals surface area contributed by atoms with Crippen molar-refractivity contribution in [2.24, 2.45) is 0 Å². The van der Waals surface area contributed by atoms with E-state index < -0.39 is 0 Å². The summed E-state index contributed by atoms with van der Waals surface area (Å²) in [5.41, 5.74) is 6.17. The van der Waals surface area contributed by atoms with Crippen LogP contribution in [0.2, 0.25) is 0 Å². The molecule has 1 amide bonds. The second-order valence-corrected chi connectivity index (χ2v) is 8.84. The Kier molecular flexibility index (Phi) is 6.23. The lowest BCUT2D eigenvalue weighted by atomic mass is 9.98. The summed E-state index contributed by atoms with van der Waals surface area (Å²) >= 11 is 0. The fourth-order valence-electron chi connectivity index (χ4n) is 4.30. The van der Waals surface area contributed by atoms with Crippen LogP contribution in [0, 0.1) is 0 Å². The minimum Gasteiger partial charge on any atom is -0.493 e. The van der Waals surface area contributed by atoms with Gasteiger partial charge in [0.05, 0.1) is 13.7 Å². The van der Waals surface area contributed by atoms with E-state index in [4.69, 9.17) is 14.6 Å². The summed E-state index contributed by atoms with van der Waals surface area (Å²) in [6.45, 7) is 5.96. The highest BCUT2D eigenvalue weighted by Gasteiger charge is 2.28. The molecule has 0 spiro atoms. The third-order valence-electron chi connectivity index (χ3n) is 6.22. The highest BCUT2D eigenvalue weighted by atomic mass is 16.5. The highest BCUT2D eigenvalue weighted by Crippen LogP contribution is 2.39. The lowest BCUT2D eigenvalue weighted by molar-refractivity contribution is 0.0925. The number of amides is 1. The molecule has 35 heavy (non-hydrogen) atoms. The minimum absolute atomic E-state index is 0.136. The molecule has 0 saturated heterocycles. The first-order valence-corrected chi connectivity index (χ1v) is 11.7. The van der Waals surface area contributed by atoms with E-state index in [0.717, 1.165) is 27.9 Å². The van der Waals surface area contributed by atoms with E-state index in [1.165, 1.54) is 5.56 Å². The summed E-state index contributed by atoms with van der Waals surface area (Å²) in [5.74, 6) is 1.59. The van der Waals surface area contributed by atoms with Crippen molar-refractivity contribution in [3.63, 3.8) is 0 Å². The van der Waals surface area contributed by atoms with Crippen molar-refractivity contribution < 1.29 is 14.3 Å². The molecule has 5 rings (SSSR count). The predicted molar refractivity (Wildman–Crippen MR) is 135 cm³/mol. The largest absolute Gasteiger partial charge is 0.493 e. The first-order valence-electron chi connectivity index (χ1n) is 11.7. The van der Waals surface area contributed by atoms with Crippen LogP contribution in [-0.4, -0.2) is 34.3 Å². The molecule has 0 bridgehead atoms. The zero-order valence-electron chi connectivity index (χ0n) is 20.1. The van der Waals surface area contributed by atoms with Crippen LogP contribution >= 0.6 is 0 Å². The van der Waals surface area contributed by atoms with Gasteiger partial charge in [-0.1, -0.05) is 44.2 Å². The molecule has 3 heterocycles. The number of methoxy groups -OCH3 is 1. The summed E-state index contributed by atoms with van der Waals surface area (Å²) in [5, 5.41) is 7.71. The number of nitrogens with one attached hydrogen (secondary N) is 1. The van der Waals surface area contributed by atoms with E-state index in [1.807, 2.05) is 30.3 Å². The standard InChI is InChI=1S/C28H28N4O3/c1-18(2)20-6-4-19(5-7-20)17-35-23-9-8-22(16-24(23)34-3)25-26(21-10-12-29-13-11-21)31-32-15-14-30-28(33)27(25)32/h4-13,16,18H,14-15,17H2,1-3H3,(H,30,33). The Labute approximate surface area is 204 Å². The molecule has 2 aromatic heterocycles. The van der Waals surface area contributed by atoms with Crippen LogP contribution in [0.25, 0.3) is 22.4 Å². The second kappa shape index (κ2) is 9.62. The van der Waals surface area contributed by atoms with Gasteiger partial charge < -0.3 is 14.8 Å². The fraction of sp³-hybridized carbons (Fsp3) is 0.250. The Morgan fingerprint density at radius 3 is 2.49 bits per heavy atom. The predicted octanol–water partition coefficient (Wildman–Crippen LogP) is 5.07. The quantitative estimate of drug-likeness (QED) is 0.410. The molecule has 1 aliphatic heterocycles. The number of carbonyl (C=O) groups is 1. The molecule has 4 aromatic rings. The van der Waals surface area contributed by atoms with Gasteiger partial charge in [0.1, 0.15) is 18.0 Å². The molecule has 178 valence electrons. The van der Waals surface area contributed by atoms with Gasteiger partial charge in [0.25, 0.3) is 5.91 Å². The summed E-state index contributed by atoms with van der Waals surface area (Å²) in [7, 11) is 1.62. The van der Waals surface area contributed by atoms with E-state index >= 15 is 0 Å². The first-order chi connectivity index (χ1) is 17.0. The molecule has 0 atom stereocenters. The van der Waals surface area contributed by atoms with E-state index in [2.05, 4.69) is 48.4 Å². The van der Waals surface area contributed by atoms with Gasteiger partial charge >= 0.3 is 0 Å². The summed E-state index contributed by atoms with van der Waals surface area (Å²) < 4.78 is 13.6. The maximum absolute atomic E-state index is 12.8. The first kappa shape index (κ1) is 22.7.